The fourth-order valence-electron chi connectivity index (χ4n) is 11.0. The van der Waals surface area contributed by atoms with Crippen LogP contribution in [-0.2, 0) is 59.0 Å². The maximum Gasteiger partial charge on any atom is 0.268 e. The molecule has 88 heavy (non-hydrogen) atoms. The second-order valence-corrected chi connectivity index (χ2v) is 25.3. The van der Waals surface area contributed by atoms with Crippen molar-refractivity contribution in [3.05, 3.63) is 216 Å². The predicted octanol–water partition coefficient (Wildman–Crippen LogP) is 20.0. The Labute approximate surface area is 591 Å². The Bertz CT molecular complexity index is 5980. The smallest absolute Gasteiger partial charge is 0.268 e. The van der Waals surface area contributed by atoms with Crippen LogP contribution in [0.3, 0.4) is 0 Å². The van der Waals surface area contributed by atoms with Crippen LogP contribution in [0, 0.1) is 18.5 Å². The molecule has 7 aromatic carbocycles. The summed E-state index contributed by atoms with van der Waals surface area (Å²) in [6.07, 6.45) is -14.5. The van der Waals surface area contributed by atoms with Crippen molar-refractivity contribution in [1.29, 1.82) is 0 Å². The third kappa shape index (κ3) is 10.5. The van der Waals surface area contributed by atoms with Crippen molar-refractivity contribution < 1.29 is 77.7 Å². The number of rotatable bonds is 8. The molecule has 0 amide bonds. The van der Waals surface area contributed by atoms with E-state index in [2.05, 4.69) is 39.2 Å². The molecule has 4 aromatic heterocycles. The topological polar surface area (TPSA) is 55.6 Å². The van der Waals surface area contributed by atoms with Crippen LogP contribution in [0.4, 0.5) is 17.2 Å². The zero-order chi connectivity index (χ0) is 93.9. The van der Waals surface area contributed by atoms with Gasteiger partial charge in [-0.1, -0.05) is 231 Å². The maximum absolute atomic E-state index is 10.6. The molecule has 0 radical (unpaired) electrons. The van der Waals surface area contributed by atoms with E-state index in [0.717, 1.165) is 44.6 Å². The third-order valence-corrected chi connectivity index (χ3v) is 15.6. The van der Waals surface area contributed by atoms with Crippen LogP contribution in [-0.4, -0.2) is 24.1 Å². The summed E-state index contributed by atoms with van der Waals surface area (Å²) in [6.45, 7) is -18.7. The van der Waals surface area contributed by atoms with Crippen molar-refractivity contribution in [1.82, 2.24) is 24.1 Å². The first-order valence-corrected chi connectivity index (χ1v) is 28.1. The standard InChI is InChI=1S/C80H85N7.Pt/c1-74(2,3)53-38-43-81-70(46-53)87-65-29-19-18-26-59(65)60-35-34-56(48-68(60)87)86(71-49-69(75(4,5)6)82-73(83-71)76(7,8)9)55-25-22-24-54(47-55)84-50-85(67-31-21-20-30-66(67)84)72-57(51-32-36-61-63(44-51)79(14,15)41-39-77(61,10)11)27-23-28-58(72)52-33-37-62-64(45-52)80(16,17)42-40-78(62,12)13;/h18-38,43-46,49H,39-42H2,1-17H3;/q-2;/i10D3,11D3,12D3,13D3,14D3,15D3,16D3,17D3,32D,33D,36D,37D,39D2,40D2,41D2,42D2,44D,45D;. The van der Waals surface area contributed by atoms with Gasteiger partial charge in [0.25, 0.3) is 6.33 Å². The first-order chi connectivity index (χ1) is 56.6. The molecule has 8 heteroatoms. The summed E-state index contributed by atoms with van der Waals surface area (Å²) in [5, 5.41) is 1.60. The molecule has 0 atom stereocenters. The molecular formula is C80H85N7Pt-2. The van der Waals surface area contributed by atoms with Gasteiger partial charge in [0.1, 0.15) is 17.5 Å². The van der Waals surface area contributed by atoms with E-state index in [1.807, 2.05) is 94.6 Å². The van der Waals surface area contributed by atoms with E-state index in [4.69, 9.17) is 31.4 Å². The van der Waals surface area contributed by atoms with E-state index in [9.17, 15) is 35.6 Å². The van der Waals surface area contributed by atoms with E-state index in [1.165, 1.54) is 34.9 Å². The van der Waals surface area contributed by atoms with Crippen LogP contribution >= 0.6 is 0 Å². The van der Waals surface area contributed by atoms with E-state index in [1.54, 1.807) is 29.3 Å². The van der Waals surface area contributed by atoms with Crippen molar-refractivity contribution in [2.24, 2.45) is 0 Å². The molecule has 0 bridgehead atoms. The van der Waals surface area contributed by atoms with Gasteiger partial charge >= 0.3 is 0 Å². The number of benzene rings is 7. The average Bonchev–Trinajstić information content (AvgIpc) is 0.692. The number of pyridine rings is 1. The van der Waals surface area contributed by atoms with Crippen LogP contribution in [0.15, 0.2) is 158 Å². The summed E-state index contributed by atoms with van der Waals surface area (Å²) in [6, 6.07) is 27.1. The molecular weight excluding hydrogens is 1250 g/mol. The Hall–Kier alpha value is -7.47. The number of aromatic nitrogens is 6. The monoisotopic (exact) mass is 1380 g/mol. The van der Waals surface area contributed by atoms with Gasteiger partial charge in [-0.15, -0.1) is 23.6 Å². The largest absolute Gasteiger partial charge is 0.344 e. The number of fused-ring (bicyclic) bond motifs is 6. The van der Waals surface area contributed by atoms with E-state index in [0.29, 0.717) is 28.5 Å². The first-order valence-electron chi connectivity index (χ1n) is 47.1. The maximum atomic E-state index is 10.6. The van der Waals surface area contributed by atoms with Crippen LogP contribution in [0.5, 0.6) is 0 Å². The molecule has 2 aliphatic carbocycles. The third-order valence-electron chi connectivity index (χ3n) is 15.6. The number of hydrogen-bond donors (Lipinski definition) is 0. The fourth-order valence-corrected chi connectivity index (χ4v) is 11.0. The Balaban J connectivity index is 0.0000144. The van der Waals surface area contributed by atoms with Gasteiger partial charge in [0, 0.05) is 93.5 Å². The van der Waals surface area contributed by atoms with Gasteiger partial charge in [-0.3, -0.25) is 4.57 Å². The van der Waals surface area contributed by atoms with E-state index < -0.39 is 199 Å². The van der Waals surface area contributed by atoms with Gasteiger partial charge in [0.15, 0.2) is 0 Å². The van der Waals surface area contributed by atoms with Crippen molar-refractivity contribution in [3.63, 3.8) is 0 Å². The zero-order valence-electron chi connectivity index (χ0n) is 87.5. The number of hydrogen-bond acceptors (Lipinski definition) is 4. The summed E-state index contributed by atoms with van der Waals surface area (Å²) in [5.41, 5.74) is -30.3. The van der Waals surface area contributed by atoms with Gasteiger partial charge in [0.2, 0.25) is 0 Å². The Morgan fingerprint density at radius 3 is 1.75 bits per heavy atom. The minimum Gasteiger partial charge on any atom is -0.344 e. The molecule has 0 saturated heterocycles. The van der Waals surface area contributed by atoms with Crippen molar-refractivity contribution in [2.75, 3.05) is 4.90 Å². The molecule has 13 rings (SSSR count). The number of imidazole rings is 1. The Morgan fingerprint density at radius 2 is 1.15 bits per heavy atom. The SMILES string of the molecule is [2H]c1c([2H])c2c(c([2H])c1-c1cccc(-c3c([2H])c([2H])c4c(c3[2H])C(C([2H])([2H])[2H])(C([2H])([2H])[2H])C([2H])([2H])C([2H])([2H])C4(C([2H])([2H])[2H])C([2H])([2H])[2H])c1-[n+]1[c-]n(-c3[c-]c(N(c4[c-]c5c(cc4)c4ccccc4n5-c4cc(C(C)(C)C)ccn4)c4cc(C(C)(C)C)nc(C(C)(C)C)n4)ccc3)c3ccccc31)C(C([2H])([2H])[2H])(C([2H])([2H])[2H])C([2H])([2H])C([2H])([2H])C2(C([2H])([2H])[2H])C([2H])([2H])[2H].[Pt]. The van der Waals surface area contributed by atoms with Crippen LogP contribution in [0.1, 0.15) is 234 Å². The van der Waals surface area contributed by atoms with Crippen molar-refractivity contribution >= 4 is 50.0 Å². The molecule has 452 valence electrons. The summed E-state index contributed by atoms with van der Waals surface area (Å²) < 4.78 is 361. The van der Waals surface area contributed by atoms with Crippen molar-refractivity contribution in [2.45, 2.75) is 181 Å². The number of anilines is 3. The van der Waals surface area contributed by atoms with Gasteiger partial charge in [-0.05, 0) is 132 Å². The average molecular weight is 1380 g/mol. The molecule has 11 aromatic rings. The molecule has 0 fully saturated rings. The minimum atomic E-state index is -4.88. The van der Waals surface area contributed by atoms with Gasteiger partial charge in [-0.2, -0.15) is 24.3 Å². The van der Waals surface area contributed by atoms with Gasteiger partial charge < -0.3 is 14.0 Å². The molecule has 0 unspecified atom stereocenters. The first kappa shape index (κ1) is 30.4. The molecule has 0 N–H and O–H groups in total. The minimum absolute atomic E-state index is 0. The molecule has 4 heterocycles. The summed E-state index contributed by atoms with van der Waals surface area (Å²) in [5.74, 6) is 1.23. The van der Waals surface area contributed by atoms with Gasteiger partial charge in [-0.25, -0.2) is 15.0 Å². The van der Waals surface area contributed by atoms with Crippen molar-refractivity contribution in [3.8, 4) is 39.4 Å². The van der Waals surface area contributed by atoms with Crippen LogP contribution in [0.25, 0.3) is 72.3 Å². The predicted molar refractivity (Wildman–Crippen MR) is 361 cm³/mol. The molecule has 0 spiro atoms. The normalized spacial score (nSPS) is 25.9. The zero-order valence-corrected chi connectivity index (χ0v) is 51.8. The number of nitrogens with zero attached hydrogens (tertiary/aromatic N) is 7. The summed E-state index contributed by atoms with van der Waals surface area (Å²) >= 11 is 0. The quantitative estimate of drug-likeness (QED) is 0.112. The fraction of sp³-hybridized carbons (Fsp3) is 0.350. The molecule has 0 saturated carbocycles. The van der Waals surface area contributed by atoms with Crippen LogP contribution < -0.4 is 9.47 Å². The Kier molecular flexibility index (Phi) is 7.37. The molecule has 7 nitrogen and oxygen atoms in total. The van der Waals surface area contributed by atoms with E-state index in [-0.39, 0.29) is 54.7 Å². The Morgan fingerprint density at radius 1 is 0.568 bits per heavy atom. The number of para-hydroxylation sites is 4. The summed E-state index contributed by atoms with van der Waals surface area (Å²) in [7, 11) is 0. The summed E-state index contributed by atoms with van der Waals surface area (Å²) in [4.78, 5) is 17.0. The van der Waals surface area contributed by atoms with E-state index >= 15 is 0 Å². The second-order valence-electron chi connectivity index (χ2n) is 25.3. The molecule has 2 aliphatic rings. The second kappa shape index (κ2) is 21.4. The molecule has 0 aliphatic heterocycles. The van der Waals surface area contributed by atoms with Gasteiger partial charge in [0.05, 0.1) is 30.6 Å². The van der Waals surface area contributed by atoms with Crippen LogP contribution in [0.2, 0.25) is 0 Å².